The molecule has 0 unspecified atom stereocenters. The van der Waals surface area contributed by atoms with Crippen molar-refractivity contribution in [3.8, 4) is 0 Å². The Hall–Kier alpha value is -1.32. The van der Waals surface area contributed by atoms with Crippen LogP contribution in [0.4, 0.5) is 0 Å². The summed E-state index contributed by atoms with van der Waals surface area (Å²) in [7, 11) is 2.04. The van der Waals surface area contributed by atoms with E-state index in [9.17, 15) is 4.79 Å². The Morgan fingerprint density at radius 3 is 2.59 bits per heavy atom. The third-order valence-corrected chi connectivity index (χ3v) is 2.79. The lowest BCUT2D eigenvalue weighted by atomic mass is 10.1. The first kappa shape index (κ1) is 13.7. The molecule has 1 aromatic rings. The van der Waals surface area contributed by atoms with Gasteiger partial charge in [0.05, 0.1) is 13.6 Å². The fourth-order valence-corrected chi connectivity index (χ4v) is 1.85. The Morgan fingerprint density at radius 1 is 1.24 bits per heavy atom. The van der Waals surface area contributed by atoms with E-state index in [4.69, 9.17) is 0 Å². The topological polar surface area (TPSA) is 37.9 Å². The molecule has 1 aromatic heterocycles. The number of aryl methyl sites for hydroxylation is 2. The molecule has 0 atom stereocenters. The quantitative estimate of drug-likeness (QED) is 0.539. The van der Waals surface area contributed by atoms with Crippen molar-refractivity contribution in [1.82, 2.24) is 9.88 Å². The second kappa shape index (κ2) is 7.87. The average Bonchev–Trinajstić information content (AvgIpc) is 2.68. The van der Waals surface area contributed by atoms with Gasteiger partial charge in [-0.2, -0.15) is 0 Å². The molecule has 4 heteroatoms. The van der Waals surface area contributed by atoms with Crippen molar-refractivity contribution in [1.29, 1.82) is 0 Å². The van der Waals surface area contributed by atoms with E-state index >= 15 is 0 Å². The van der Waals surface area contributed by atoms with Crippen LogP contribution in [0.2, 0.25) is 0 Å². The predicted octanol–water partition coefficient (Wildman–Crippen LogP) is 1.40. The number of hydrogen-bond acceptors (Lipinski definition) is 1. The SMILES string of the molecule is CC(=O)NCCCCCCCn1cc[n+](C)c1. The van der Waals surface area contributed by atoms with Gasteiger partial charge >= 0.3 is 0 Å². The molecule has 1 N–H and O–H groups in total. The number of nitrogens with one attached hydrogen (secondary N) is 1. The highest BCUT2D eigenvalue weighted by atomic mass is 16.1. The molecule has 0 saturated heterocycles. The molecule has 1 amide bonds. The minimum atomic E-state index is 0.0745. The van der Waals surface area contributed by atoms with Crippen molar-refractivity contribution in [2.45, 2.75) is 45.6 Å². The summed E-state index contributed by atoms with van der Waals surface area (Å²) in [5.74, 6) is 0.0745. The number of rotatable bonds is 8. The zero-order valence-electron chi connectivity index (χ0n) is 11.0. The van der Waals surface area contributed by atoms with Crippen LogP contribution in [-0.2, 0) is 18.4 Å². The van der Waals surface area contributed by atoms with Crippen molar-refractivity contribution < 1.29 is 9.36 Å². The van der Waals surface area contributed by atoms with Gasteiger partial charge in [-0.15, -0.1) is 0 Å². The van der Waals surface area contributed by atoms with Gasteiger partial charge in [0.15, 0.2) is 0 Å². The van der Waals surface area contributed by atoms with Gasteiger partial charge in [-0.1, -0.05) is 12.8 Å². The zero-order valence-corrected chi connectivity index (χ0v) is 11.0. The molecule has 0 aromatic carbocycles. The van der Waals surface area contributed by atoms with E-state index in [1.807, 2.05) is 7.05 Å². The lowest BCUT2D eigenvalue weighted by molar-refractivity contribution is -0.671. The van der Waals surface area contributed by atoms with Gasteiger partial charge in [0.25, 0.3) is 0 Å². The molecule has 0 spiro atoms. The van der Waals surface area contributed by atoms with Crippen LogP contribution in [0.25, 0.3) is 0 Å². The number of carbonyl (C=O) groups excluding carboxylic acids is 1. The van der Waals surface area contributed by atoms with Crippen LogP contribution >= 0.6 is 0 Å². The maximum Gasteiger partial charge on any atom is 0.243 e. The summed E-state index contributed by atoms with van der Waals surface area (Å²) in [6.07, 6.45) is 12.3. The van der Waals surface area contributed by atoms with E-state index in [0.29, 0.717) is 0 Å². The maximum atomic E-state index is 10.6. The molecule has 4 nitrogen and oxygen atoms in total. The number of aromatic nitrogens is 2. The van der Waals surface area contributed by atoms with Gasteiger partial charge in [-0.05, 0) is 19.3 Å². The molecule has 0 saturated carbocycles. The fourth-order valence-electron chi connectivity index (χ4n) is 1.85. The summed E-state index contributed by atoms with van der Waals surface area (Å²) in [5.41, 5.74) is 0. The molecule has 0 aliphatic carbocycles. The molecular formula is C13H24N3O+. The normalized spacial score (nSPS) is 10.5. The third kappa shape index (κ3) is 6.76. The van der Waals surface area contributed by atoms with Crippen LogP contribution in [0, 0.1) is 0 Å². The molecule has 17 heavy (non-hydrogen) atoms. The zero-order chi connectivity index (χ0) is 12.5. The third-order valence-electron chi connectivity index (χ3n) is 2.79. The van der Waals surface area contributed by atoms with Crippen LogP contribution < -0.4 is 9.88 Å². The molecule has 1 rings (SSSR count). The summed E-state index contributed by atoms with van der Waals surface area (Å²) < 4.78 is 4.28. The number of carbonyl (C=O) groups is 1. The standard InChI is InChI=1S/C13H23N3O/c1-13(17)14-8-6-4-3-5-7-9-16-11-10-15(2)12-16/h10-12H,3-9H2,1-2H3/p+1. The van der Waals surface area contributed by atoms with Crippen LogP contribution in [0.15, 0.2) is 18.7 Å². The van der Waals surface area contributed by atoms with Crippen LogP contribution in [0.1, 0.15) is 39.0 Å². The second-order valence-electron chi connectivity index (χ2n) is 4.57. The van der Waals surface area contributed by atoms with Crippen molar-refractivity contribution in [3.63, 3.8) is 0 Å². The summed E-state index contributed by atoms with van der Waals surface area (Å²) in [6.45, 7) is 3.49. The van der Waals surface area contributed by atoms with Crippen molar-refractivity contribution in [2.75, 3.05) is 6.54 Å². The Labute approximate surface area is 104 Å². The van der Waals surface area contributed by atoms with Gasteiger partial charge in [-0.3, -0.25) is 4.79 Å². The summed E-state index contributed by atoms with van der Waals surface area (Å²) in [6, 6.07) is 0. The molecule has 0 aliphatic rings. The van der Waals surface area contributed by atoms with E-state index in [0.717, 1.165) is 19.5 Å². The molecule has 0 fully saturated rings. The van der Waals surface area contributed by atoms with Crippen molar-refractivity contribution in [3.05, 3.63) is 18.7 Å². The van der Waals surface area contributed by atoms with Crippen LogP contribution in [-0.4, -0.2) is 17.0 Å². The molecule has 0 radical (unpaired) electrons. The number of hydrogen-bond donors (Lipinski definition) is 1. The molecule has 0 bridgehead atoms. The number of imidazole rings is 1. The summed E-state index contributed by atoms with van der Waals surface area (Å²) in [4.78, 5) is 10.6. The predicted molar refractivity (Wildman–Crippen MR) is 67.4 cm³/mol. The molecule has 1 heterocycles. The van der Waals surface area contributed by atoms with Crippen molar-refractivity contribution >= 4 is 5.91 Å². The minimum absolute atomic E-state index is 0.0745. The second-order valence-corrected chi connectivity index (χ2v) is 4.57. The number of nitrogens with zero attached hydrogens (tertiary/aromatic N) is 2. The highest BCUT2D eigenvalue weighted by Crippen LogP contribution is 2.03. The summed E-state index contributed by atoms with van der Waals surface area (Å²) in [5, 5.41) is 2.82. The monoisotopic (exact) mass is 238 g/mol. The Morgan fingerprint density at radius 2 is 1.94 bits per heavy atom. The maximum absolute atomic E-state index is 10.6. The van der Waals surface area contributed by atoms with E-state index in [1.54, 1.807) is 6.92 Å². The van der Waals surface area contributed by atoms with E-state index in [1.165, 1.54) is 25.7 Å². The fraction of sp³-hybridized carbons (Fsp3) is 0.692. The lowest BCUT2D eigenvalue weighted by Gasteiger charge is -2.02. The molecular weight excluding hydrogens is 214 g/mol. The van der Waals surface area contributed by atoms with Gasteiger partial charge < -0.3 is 5.32 Å². The van der Waals surface area contributed by atoms with Crippen LogP contribution in [0.5, 0.6) is 0 Å². The van der Waals surface area contributed by atoms with Crippen LogP contribution in [0.3, 0.4) is 0 Å². The van der Waals surface area contributed by atoms with Crippen molar-refractivity contribution in [2.24, 2.45) is 7.05 Å². The Bertz CT molecular complexity index is 333. The first-order valence-corrected chi connectivity index (χ1v) is 6.44. The minimum Gasteiger partial charge on any atom is -0.356 e. The highest BCUT2D eigenvalue weighted by Gasteiger charge is 1.99. The van der Waals surface area contributed by atoms with E-state index in [2.05, 4.69) is 33.2 Å². The summed E-state index contributed by atoms with van der Waals surface area (Å²) >= 11 is 0. The van der Waals surface area contributed by atoms with E-state index < -0.39 is 0 Å². The highest BCUT2D eigenvalue weighted by molar-refractivity contribution is 5.72. The lowest BCUT2D eigenvalue weighted by Crippen LogP contribution is -2.23. The van der Waals surface area contributed by atoms with Gasteiger partial charge in [0, 0.05) is 13.5 Å². The molecule has 96 valence electrons. The van der Waals surface area contributed by atoms with Gasteiger partial charge in [-0.25, -0.2) is 9.13 Å². The smallest absolute Gasteiger partial charge is 0.243 e. The first-order valence-electron chi connectivity index (χ1n) is 6.44. The van der Waals surface area contributed by atoms with Gasteiger partial charge in [0.1, 0.15) is 12.4 Å². The van der Waals surface area contributed by atoms with Gasteiger partial charge in [0.2, 0.25) is 12.2 Å². The van der Waals surface area contributed by atoms with E-state index in [-0.39, 0.29) is 5.91 Å². The largest absolute Gasteiger partial charge is 0.356 e. The first-order chi connectivity index (χ1) is 8.18. The Kier molecular flexibility index (Phi) is 6.37. The Balaban J connectivity index is 1.89. The average molecular weight is 238 g/mol. The number of amides is 1. The number of unbranched alkanes of at least 4 members (excludes halogenated alkanes) is 4. The molecule has 0 aliphatic heterocycles.